The van der Waals surface area contributed by atoms with E-state index in [0.29, 0.717) is 0 Å². The summed E-state index contributed by atoms with van der Waals surface area (Å²) in [5, 5.41) is 18.8. The number of methoxy groups -OCH3 is 2. The van der Waals surface area contributed by atoms with Crippen LogP contribution >= 0.6 is 0 Å². The van der Waals surface area contributed by atoms with E-state index >= 15 is 0 Å². The van der Waals surface area contributed by atoms with E-state index in [1.807, 2.05) is 0 Å². The molecule has 0 saturated carbocycles. The first-order valence-corrected chi connectivity index (χ1v) is 3.90. The van der Waals surface area contributed by atoms with Crippen LogP contribution in [-0.2, 0) is 23.9 Å². The minimum atomic E-state index is -2.93. The van der Waals surface area contributed by atoms with Crippen LogP contribution in [0.15, 0.2) is 0 Å². The predicted octanol–water partition coefficient (Wildman–Crippen LogP) is -1.99. The molecule has 2 atom stereocenters. The number of Topliss-reactive ketones (excluding diaryl/α,β-unsaturated/α-hetero) is 1. The van der Waals surface area contributed by atoms with Gasteiger partial charge in [0.15, 0.2) is 11.9 Å². The standard InChI is InChI=1S/C8H12O7/c1-4(9)8(13,7(12)15-3)5(10)6(11)14-2/h5,10,13H,1-3H3. The number of aliphatic hydroxyl groups excluding tert-OH is 1. The van der Waals surface area contributed by atoms with Gasteiger partial charge in [0.25, 0.3) is 5.60 Å². The Kier molecular flexibility index (Phi) is 4.38. The maximum absolute atomic E-state index is 11.1. The third kappa shape index (κ3) is 2.31. The van der Waals surface area contributed by atoms with Crippen LogP contribution in [0, 0.1) is 0 Å². The van der Waals surface area contributed by atoms with Crippen LogP contribution in [-0.4, -0.2) is 53.9 Å². The first kappa shape index (κ1) is 13.5. The summed E-state index contributed by atoms with van der Waals surface area (Å²) in [6.07, 6.45) is -2.31. The smallest absolute Gasteiger partial charge is 0.349 e. The summed E-state index contributed by atoms with van der Waals surface area (Å²) in [4.78, 5) is 33.0. The summed E-state index contributed by atoms with van der Waals surface area (Å²) < 4.78 is 8.21. The monoisotopic (exact) mass is 220 g/mol. The highest BCUT2D eigenvalue weighted by Gasteiger charge is 2.53. The molecule has 7 nitrogen and oxygen atoms in total. The van der Waals surface area contributed by atoms with Crippen molar-refractivity contribution in [3.05, 3.63) is 0 Å². The maximum atomic E-state index is 11.1. The second-order valence-corrected chi connectivity index (χ2v) is 2.74. The second-order valence-electron chi connectivity index (χ2n) is 2.74. The normalized spacial score (nSPS) is 16.1. The van der Waals surface area contributed by atoms with E-state index in [1.165, 1.54) is 0 Å². The van der Waals surface area contributed by atoms with E-state index in [1.54, 1.807) is 0 Å². The molecular formula is C8H12O7. The maximum Gasteiger partial charge on any atom is 0.349 e. The first-order chi connectivity index (χ1) is 6.82. The van der Waals surface area contributed by atoms with Crippen molar-refractivity contribution in [2.75, 3.05) is 14.2 Å². The van der Waals surface area contributed by atoms with Crippen molar-refractivity contribution in [1.29, 1.82) is 0 Å². The molecule has 0 radical (unpaired) electrons. The van der Waals surface area contributed by atoms with E-state index < -0.39 is 29.4 Å². The molecule has 0 fully saturated rings. The predicted molar refractivity (Wildman–Crippen MR) is 45.7 cm³/mol. The molecule has 0 aromatic heterocycles. The van der Waals surface area contributed by atoms with E-state index in [4.69, 9.17) is 0 Å². The van der Waals surface area contributed by atoms with Crippen molar-refractivity contribution in [2.24, 2.45) is 0 Å². The van der Waals surface area contributed by atoms with Gasteiger partial charge in [-0.05, 0) is 6.92 Å². The van der Waals surface area contributed by atoms with Gasteiger partial charge >= 0.3 is 11.9 Å². The fourth-order valence-electron chi connectivity index (χ4n) is 0.886. The lowest BCUT2D eigenvalue weighted by molar-refractivity contribution is -0.189. The van der Waals surface area contributed by atoms with Crippen LogP contribution < -0.4 is 0 Å². The molecular weight excluding hydrogens is 208 g/mol. The third-order valence-electron chi connectivity index (χ3n) is 1.85. The lowest BCUT2D eigenvalue weighted by Gasteiger charge is -2.25. The molecule has 0 spiro atoms. The molecule has 0 amide bonds. The lowest BCUT2D eigenvalue weighted by Crippen LogP contribution is -2.58. The molecule has 0 heterocycles. The van der Waals surface area contributed by atoms with Gasteiger partial charge in [0.05, 0.1) is 14.2 Å². The number of carbonyl (C=O) groups is 3. The molecule has 0 aromatic rings. The molecule has 7 heteroatoms. The summed E-state index contributed by atoms with van der Waals surface area (Å²) in [5.74, 6) is -3.85. The number of carbonyl (C=O) groups excluding carboxylic acids is 3. The topological polar surface area (TPSA) is 110 Å². The summed E-state index contributed by atoms with van der Waals surface area (Å²) in [6.45, 7) is 0.836. The quantitative estimate of drug-likeness (QED) is 0.417. The van der Waals surface area contributed by atoms with Gasteiger partial charge in [-0.2, -0.15) is 0 Å². The van der Waals surface area contributed by atoms with E-state index in [-0.39, 0.29) is 0 Å². The van der Waals surface area contributed by atoms with Crippen LogP contribution in [0.2, 0.25) is 0 Å². The highest BCUT2D eigenvalue weighted by atomic mass is 16.6. The summed E-state index contributed by atoms with van der Waals surface area (Å²) in [5.41, 5.74) is -2.93. The first-order valence-electron chi connectivity index (χ1n) is 3.90. The molecule has 2 N–H and O–H groups in total. The van der Waals surface area contributed by atoms with Gasteiger partial charge in [0.2, 0.25) is 0 Å². The zero-order valence-electron chi connectivity index (χ0n) is 8.51. The van der Waals surface area contributed by atoms with Gasteiger partial charge in [-0.3, -0.25) is 4.79 Å². The Balaban J connectivity index is 5.21. The van der Waals surface area contributed by atoms with Crippen molar-refractivity contribution in [3.63, 3.8) is 0 Å². The minimum absolute atomic E-state index is 0.836. The van der Waals surface area contributed by atoms with Crippen molar-refractivity contribution in [3.8, 4) is 0 Å². The summed E-state index contributed by atoms with van der Waals surface area (Å²) in [7, 11) is 1.84. The largest absolute Gasteiger partial charge is 0.467 e. The zero-order valence-corrected chi connectivity index (χ0v) is 8.51. The molecule has 0 rings (SSSR count). The van der Waals surface area contributed by atoms with Crippen molar-refractivity contribution in [1.82, 2.24) is 0 Å². The van der Waals surface area contributed by atoms with Crippen molar-refractivity contribution >= 4 is 17.7 Å². The molecule has 0 aliphatic rings. The number of hydrogen-bond acceptors (Lipinski definition) is 7. The second kappa shape index (κ2) is 4.85. The van der Waals surface area contributed by atoms with Gasteiger partial charge in [-0.15, -0.1) is 0 Å². The van der Waals surface area contributed by atoms with Crippen molar-refractivity contribution < 1.29 is 34.1 Å². The Morgan fingerprint density at radius 3 is 1.93 bits per heavy atom. The molecule has 0 aromatic carbocycles. The Morgan fingerprint density at radius 1 is 1.20 bits per heavy atom. The summed E-state index contributed by atoms with van der Waals surface area (Å²) >= 11 is 0. The molecule has 0 aliphatic heterocycles. The van der Waals surface area contributed by atoms with E-state index in [9.17, 15) is 24.6 Å². The average molecular weight is 220 g/mol. The van der Waals surface area contributed by atoms with E-state index in [0.717, 1.165) is 21.1 Å². The number of ketones is 1. The SMILES string of the molecule is COC(=O)C(O)C(O)(C(C)=O)C(=O)OC. The Labute approximate surface area is 85.6 Å². The minimum Gasteiger partial charge on any atom is -0.467 e. The van der Waals surface area contributed by atoms with Crippen LogP contribution in [0.1, 0.15) is 6.92 Å². The number of rotatable bonds is 4. The van der Waals surface area contributed by atoms with Crippen LogP contribution in [0.4, 0.5) is 0 Å². The zero-order chi connectivity index (χ0) is 12.2. The number of aliphatic hydroxyl groups is 2. The van der Waals surface area contributed by atoms with Crippen LogP contribution in [0.3, 0.4) is 0 Å². The average Bonchev–Trinajstić information content (AvgIpc) is 2.24. The van der Waals surface area contributed by atoms with Gasteiger partial charge in [0.1, 0.15) is 0 Å². The molecule has 0 aliphatic carbocycles. The lowest BCUT2D eigenvalue weighted by atomic mass is 9.92. The fraction of sp³-hybridized carbons (Fsp3) is 0.625. The highest BCUT2D eigenvalue weighted by Crippen LogP contribution is 2.15. The third-order valence-corrected chi connectivity index (χ3v) is 1.85. The fourth-order valence-corrected chi connectivity index (χ4v) is 0.886. The van der Waals surface area contributed by atoms with E-state index in [2.05, 4.69) is 9.47 Å². The highest BCUT2D eigenvalue weighted by molar-refractivity contribution is 6.10. The van der Waals surface area contributed by atoms with Gasteiger partial charge in [0, 0.05) is 0 Å². The Morgan fingerprint density at radius 2 is 1.67 bits per heavy atom. The van der Waals surface area contributed by atoms with Gasteiger partial charge in [-0.1, -0.05) is 0 Å². The molecule has 2 unspecified atom stereocenters. The molecule has 0 bridgehead atoms. The van der Waals surface area contributed by atoms with Gasteiger partial charge < -0.3 is 19.7 Å². The van der Waals surface area contributed by atoms with Crippen LogP contribution in [0.25, 0.3) is 0 Å². The molecule has 0 saturated heterocycles. The van der Waals surface area contributed by atoms with Crippen molar-refractivity contribution in [2.45, 2.75) is 18.6 Å². The Hall–Kier alpha value is -1.47. The Bertz CT molecular complexity index is 285. The number of ether oxygens (including phenoxy) is 2. The molecule has 86 valence electrons. The van der Waals surface area contributed by atoms with Crippen LogP contribution in [0.5, 0.6) is 0 Å². The molecule has 15 heavy (non-hydrogen) atoms. The number of hydrogen-bond donors (Lipinski definition) is 2. The van der Waals surface area contributed by atoms with Gasteiger partial charge in [-0.25, -0.2) is 9.59 Å². The summed E-state index contributed by atoms with van der Waals surface area (Å²) in [6, 6.07) is 0. The number of esters is 2.